The first-order valence-electron chi connectivity index (χ1n) is 13.9. The number of methoxy groups -OCH3 is 1. The molecule has 0 atom stereocenters. The lowest BCUT2D eigenvalue weighted by Crippen LogP contribution is -2.52. The lowest BCUT2D eigenvalue weighted by Gasteiger charge is -2.44. The second-order valence-corrected chi connectivity index (χ2v) is 17.8. The fourth-order valence-electron chi connectivity index (χ4n) is 5.66. The van der Waals surface area contributed by atoms with Crippen molar-refractivity contribution in [2.75, 3.05) is 45.1 Å². The zero-order chi connectivity index (χ0) is 29.9. The van der Waals surface area contributed by atoms with E-state index in [1.54, 1.807) is 11.1 Å². The SMILES string of the molecule is COCN1CN(C2CCC(CN(CC(F)(F)F)C(=O)O)CC2)c2c(cnc3c2ccn3COCC[Si](C)(C)C)C1=O. The molecule has 4 rings (SSSR count). The second kappa shape index (κ2) is 12.6. The average molecular weight is 600 g/mol. The number of rotatable bonds is 11. The van der Waals surface area contributed by atoms with Gasteiger partial charge in [-0.1, -0.05) is 19.6 Å². The highest BCUT2D eigenvalue weighted by atomic mass is 28.3. The highest BCUT2D eigenvalue weighted by Crippen LogP contribution is 2.39. The average Bonchev–Trinajstić information content (AvgIpc) is 3.30. The van der Waals surface area contributed by atoms with E-state index in [0.717, 1.165) is 17.1 Å². The van der Waals surface area contributed by atoms with E-state index < -0.39 is 26.9 Å². The number of nitrogens with zero attached hydrogens (tertiary/aromatic N) is 5. The van der Waals surface area contributed by atoms with Crippen molar-refractivity contribution in [2.45, 2.75) is 70.3 Å². The molecule has 14 heteroatoms. The first kappa shape index (κ1) is 31.1. The monoisotopic (exact) mass is 599 g/mol. The summed E-state index contributed by atoms with van der Waals surface area (Å²) in [6, 6.07) is 3.01. The van der Waals surface area contributed by atoms with Gasteiger partial charge in [-0.15, -0.1) is 0 Å². The van der Waals surface area contributed by atoms with E-state index in [1.165, 1.54) is 7.11 Å². The highest BCUT2D eigenvalue weighted by Gasteiger charge is 2.38. The third-order valence-corrected chi connectivity index (χ3v) is 9.48. The molecular weight excluding hydrogens is 559 g/mol. The maximum Gasteiger partial charge on any atom is 0.407 e. The lowest BCUT2D eigenvalue weighted by atomic mass is 9.84. The van der Waals surface area contributed by atoms with Crippen LogP contribution in [-0.4, -0.2) is 97.0 Å². The van der Waals surface area contributed by atoms with Crippen molar-refractivity contribution in [1.82, 2.24) is 19.4 Å². The first-order valence-corrected chi connectivity index (χ1v) is 17.6. The Morgan fingerprint density at radius 3 is 2.51 bits per heavy atom. The number of halogens is 3. The molecule has 3 heterocycles. The van der Waals surface area contributed by atoms with E-state index in [1.807, 2.05) is 16.8 Å². The van der Waals surface area contributed by atoms with Crippen LogP contribution >= 0.6 is 0 Å². The molecule has 10 nitrogen and oxygen atoms in total. The van der Waals surface area contributed by atoms with Crippen molar-refractivity contribution < 1.29 is 37.3 Å². The molecule has 0 unspecified atom stereocenters. The number of ether oxygens (including phenoxy) is 2. The summed E-state index contributed by atoms with van der Waals surface area (Å²) in [4.78, 5) is 33.6. The molecule has 2 aromatic heterocycles. The van der Waals surface area contributed by atoms with E-state index in [4.69, 9.17) is 9.47 Å². The third kappa shape index (κ3) is 7.71. The minimum Gasteiger partial charge on any atom is -0.465 e. The van der Waals surface area contributed by atoms with E-state index in [2.05, 4.69) is 29.5 Å². The van der Waals surface area contributed by atoms with Gasteiger partial charge in [-0.05, 0) is 43.7 Å². The number of alkyl halides is 3. The summed E-state index contributed by atoms with van der Waals surface area (Å²) in [5.74, 6) is -0.345. The van der Waals surface area contributed by atoms with Crippen molar-refractivity contribution in [1.29, 1.82) is 0 Å². The lowest BCUT2D eigenvalue weighted by molar-refractivity contribution is -0.143. The van der Waals surface area contributed by atoms with Gasteiger partial charge in [-0.3, -0.25) is 14.6 Å². The summed E-state index contributed by atoms with van der Waals surface area (Å²) in [6.07, 6.45) is -0.166. The molecule has 0 saturated heterocycles. The predicted molar refractivity (Wildman–Crippen MR) is 151 cm³/mol. The number of fused-ring (bicyclic) bond motifs is 3. The molecule has 1 saturated carbocycles. The van der Waals surface area contributed by atoms with Crippen molar-refractivity contribution >= 4 is 36.8 Å². The van der Waals surface area contributed by atoms with Crippen LogP contribution in [0.2, 0.25) is 25.7 Å². The number of aromatic nitrogens is 2. The molecule has 2 aliphatic rings. The molecule has 1 N–H and O–H groups in total. The summed E-state index contributed by atoms with van der Waals surface area (Å²) >= 11 is 0. The molecule has 228 valence electrons. The number of hydrogen-bond donors (Lipinski definition) is 1. The van der Waals surface area contributed by atoms with Gasteiger partial charge >= 0.3 is 12.3 Å². The standard InChI is InChI=1S/C27H40F3N5O5Si/c1-39-17-34-16-35(20-7-5-19(6-8-20)14-33(26(37)38)15-27(28,29)30)23-21-9-10-32(18-40-11-12-41(2,3)4)24(21)31-13-22(23)25(34)36/h9-10,13,19-20H,5-8,11-12,14-18H2,1-4H3,(H,37,38). The molecule has 1 fully saturated rings. The zero-order valence-electron chi connectivity index (χ0n) is 24.1. The van der Waals surface area contributed by atoms with Crippen LogP contribution < -0.4 is 4.90 Å². The summed E-state index contributed by atoms with van der Waals surface area (Å²) < 4.78 is 51.8. The van der Waals surface area contributed by atoms with Crippen LogP contribution in [0, 0.1) is 5.92 Å². The third-order valence-electron chi connectivity index (χ3n) is 7.78. The maximum absolute atomic E-state index is 13.3. The number of carbonyl (C=O) groups excluding carboxylic acids is 1. The Bertz CT molecular complexity index is 1230. The molecule has 0 spiro atoms. The van der Waals surface area contributed by atoms with Crippen LogP contribution in [0.4, 0.5) is 23.7 Å². The van der Waals surface area contributed by atoms with Gasteiger partial charge in [0.1, 0.15) is 25.7 Å². The van der Waals surface area contributed by atoms with Crippen LogP contribution in [0.5, 0.6) is 0 Å². The molecule has 1 aliphatic carbocycles. The number of amides is 2. The largest absolute Gasteiger partial charge is 0.465 e. The second-order valence-electron chi connectivity index (χ2n) is 12.2. The molecule has 0 aromatic carbocycles. The van der Waals surface area contributed by atoms with Crippen LogP contribution in [0.25, 0.3) is 11.0 Å². The smallest absolute Gasteiger partial charge is 0.407 e. The van der Waals surface area contributed by atoms with Gasteiger partial charge in [0.15, 0.2) is 0 Å². The Morgan fingerprint density at radius 1 is 1.20 bits per heavy atom. The first-order chi connectivity index (χ1) is 19.3. The highest BCUT2D eigenvalue weighted by molar-refractivity contribution is 6.76. The van der Waals surface area contributed by atoms with Gasteiger partial charge in [-0.2, -0.15) is 13.2 Å². The fraction of sp³-hybridized carbons (Fsp3) is 0.667. The van der Waals surface area contributed by atoms with Gasteiger partial charge in [0, 0.05) is 52.2 Å². The Balaban J connectivity index is 1.54. The minimum absolute atomic E-state index is 0.0142. The normalized spacial score (nSPS) is 20.0. The molecule has 41 heavy (non-hydrogen) atoms. The predicted octanol–water partition coefficient (Wildman–Crippen LogP) is 5.27. The van der Waals surface area contributed by atoms with E-state index in [9.17, 15) is 27.9 Å². The van der Waals surface area contributed by atoms with Crippen LogP contribution in [0.3, 0.4) is 0 Å². The van der Waals surface area contributed by atoms with Crippen LogP contribution in [0.1, 0.15) is 36.0 Å². The molecule has 2 aromatic rings. The maximum atomic E-state index is 13.3. The van der Waals surface area contributed by atoms with Gasteiger partial charge in [-0.25, -0.2) is 9.78 Å². The van der Waals surface area contributed by atoms with E-state index in [-0.39, 0.29) is 31.1 Å². The molecule has 2 amide bonds. The van der Waals surface area contributed by atoms with Crippen LogP contribution in [0.15, 0.2) is 18.5 Å². The molecular formula is C27H40F3N5O5Si. The fourth-order valence-corrected chi connectivity index (χ4v) is 6.41. The van der Waals surface area contributed by atoms with Crippen molar-refractivity contribution in [3.05, 3.63) is 24.0 Å². The summed E-state index contributed by atoms with van der Waals surface area (Å²) in [5, 5.41) is 10.1. The zero-order valence-corrected chi connectivity index (χ0v) is 25.1. The Labute approximate surface area is 239 Å². The quantitative estimate of drug-likeness (QED) is 0.277. The molecule has 1 aliphatic heterocycles. The summed E-state index contributed by atoms with van der Waals surface area (Å²) in [7, 11) is 0.302. The van der Waals surface area contributed by atoms with Gasteiger partial charge in [0.05, 0.1) is 17.9 Å². The number of hydrogen-bond acceptors (Lipinski definition) is 6. The Kier molecular flexibility index (Phi) is 9.54. The van der Waals surface area contributed by atoms with Crippen molar-refractivity contribution in [3.63, 3.8) is 0 Å². The molecule has 0 bridgehead atoms. The number of pyridine rings is 1. The van der Waals surface area contributed by atoms with Gasteiger partial charge in [0.25, 0.3) is 5.91 Å². The topological polar surface area (TPSA) is 100 Å². The Morgan fingerprint density at radius 2 is 1.90 bits per heavy atom. The van der Waals surface area contributed by atoms with Crippen molar-refractivity contribution in [2.24, 2.45) is 5.92 Å². The Hall–Kier alpha value is -2.84. The molecule has 0 radical (unpaired) electrons. The van der Waals surface area contributed by atoms with Gasteiger partial charge in [0.2, 0.25) is 0 Å². The van der Waals surface area contributed by atoms with E-state index in [0.29, 0.717) is 61.8 Å². The summed E-state index contributed by atoms with van der Waals surface area (Å²) in [6.45, 7) is 6.71. The number of anilines is 1. The van der Waals surface area contributed by atoms with E-state index >= 15 is 0 Å². The number of carbonyl (C=O) groups is 2. The summed E-state index contributed by atoms with van der Waals surface area (Å²) in [5.41, 5.74) is 1.98. The van der Waals surface area contributed by atoms with Crippen molar-refractivity contribution in [3.8, 4) is 0 Å². The van der Waals surface area contributed by atoms with Gasteiger partial charge < -0.3 is 24.0 Å². The minimum atomic E-state index is -4.58. The van der Waals surface area contributed by atoms with Crippen LogP contribution in [-0.2, 0) is 16.2 Å². The number of carboxylic acid groups (broad SMARTS) is 1.